The summed E-state index contributed by atoms with van der Waals surface area (Å²) < 4.78 is 0. The fraction of sp³-hybridized carbons (Fsp3) is 0.571. The first-order valence-corrected chi connectivity index (χ1v) is 6.03. The van der Waals surface area contributed by atoms with Crippen LogP contribution in [0.5, 0.6) is 0 Å². The minimum absolute atomic E-state index is 0.446. The molecule has 0 unspecified atom stereocenters. The molecule has 0 aromatic heterocycles. The Morgan fingerprint density at radius 1 is 1.13 bits per heavy atom. The number of unbranched alkanes of at least 4 members (excludes halogenated alkanes) is 2. The number of rotatable bonds is 4. The van der Waals surface area contributed by atoms with Crippen molar-refractivity contribution < 1.29 is 5.11 Å². The molecule has 1 N–H and O–H groups in total. The maximum absolute atomic E-state index is 10.4. The van der Waals surface area contributed by atoms with Crippen LogP contribution in [0.3, 0.4) is 0 Å². The molecule has 0 spiro atoms. The van der Waals surface area contributed by atoms with E-state index >= 15 is 0 Å². The van der Waals surface area contributed by atoms with Crippen molar-refractivity contribution in [1.29, 1.82) is 0 Å². The quantitative estimate of drug-likeness (QED) is 0.747. The summed E-state index contributed by atoms with van der Waals surface area (Å²) in [6.45, 7) is 2.20. The lowest BCUT2D eigenvalue weighted by molar-refractivity contribution is 0.0398. The fourth-order valence-electron chi connectivity index (χ4n) is 2.55. The van der Waals surface area contributed by atoms with Gasteiger partial charge < -0.3 is 5.11 Å². The number of hydrogen-bond donors (Lipinski definition) is 1. The largest absolute Gasteiger partial charge is 0.389 e. The summed E-state index contributed by atoms with van der Waals surface area (Å²) in [5.41, 5.74) is 2.24. The van der Waals surface area contributed by atoms with Crippen LogP contribution in [0.2, 0.25) is 0 Å². The van der Waals surface area contributed by atoms with E-state index < -0.39 is 5.60 Å². The smallest absolute Gasteiger partial charge is 0.0728 e. The van der Waals surface area contributed by atoms with E-state index in [0.29, 0.717) is 0 Å². The monoisotopic (exact) mass is 204 g/mol. The molecule has 0 radical (unpaired) electrons. The number of benzene rings is 1. The van der Waals surface area contributed by atoms with Crippen LogP contribution in [0.4, 0.5) is 0 Å². The fourth-order valence-corrected chi connectivity index (χ4v) is 2.55. The second-order valence-corrected chi connectivity index (χ2v) is 4.80. The van der Waals surface area contributed by atoms with Gasteiger partial charge in [-0.3, -0.25) is 0 Å². The summed E-state index contributed by atoms with van der Waals surface area (Å²) in [6, 6.07) is 8.42. The van der Waals surface area contributed by atoms with Crippen LogP contribution < -0.4 is 0 Å². The molecule has 2 rings (SSSR count). The minimum Gasteiger partial charge on any atom is -0.389 e. The molecular weight excluding hydrogens is 184 g/mol. The molecule has 1 nitrogen and oxygen atoms in total. The van der Waals surface area contributed by atoms with Crippen molar-refractivity contribution in [2.45, 2.75) is 51.0 Å². The zero-order valence-corrected chi connectivity index (χ0v) is 9.50. The second-order valence-electron chi connectivity index (χ2n) is 4.80. The van der Waals surface area contributed by atoms with Gasteiger partial charge in [-0.15, -0.1) is 0 Å². The van der Waals surface area contributed by atoms with Crippen LogP contribution in [0.1, 0.15) is 43.7 Å². The van der Waals surface area contributed by atoms with E-state index in [2.05, 4.69) is 31.2 Å². The molecule has 1 heteroatoms. The highest BCUT2D eigenvalue weighted by Gasteiger charge is 2.33. The highest BCUT2D eigenvalue weighted by atomic mass is 16.3. The highest BCUT2D eigenvalue weighted by molar-refractivity contribution is 5.35. The third-order valence-electron chi connectivity index (χ3n) is 3.40. The molecule has 15 heavy (non-hydrogen) atoms. The zero-order valence-electron chi connectivity index (χ0n) is 9.50. The Labute approximate surface area is 92.1 Å². The van der Waals surface area contributed by atoms with E-state index in [-0.39, 0.29) is 0 Å². The van der Waals surface area contributed by atoms with Crippen LogP contribution in [0.15, 0.2) is 24.3 Å². The third kappa shape index (κ3) is 2.40. The molecule has 0 atom stereocenters. The highest BCUT2D eigenvalue weighted by Crippen LogP contribution is 2.33. The first-order valence-electron chi connectivity index (χ1n) is 6.03. The Balaban J connectivity index is 1.98. The van der Waals surface area contributed by atoms with E-state index in [4.69, 9.17) is 0 Å². The third-order valence-corrected chi connectivity index (χ3v) is 3.40. The predicted molar refractivity (Wildman–Crippen MR) is 62.9 cm³/mol. The first kappa shape index (κ1) is 10.7. The lowest BCUT2D eigenvalue weighted by Crippen LogP contribution is -2.28. The van der Waals surface area contributed by atoms with Gasteiger partial charge in [0.1, 0.15) is 0 Å². The van der Waals surface area contributed by atoms with Gasteiger partial charge in [-0.05, 0) is 17.5 Å². The molecule has 1 aliphatic carbocycles. The van der Waals surface area contributed by atoms with Gasteiger partial charge in [0.15, 0.2) is 0 Å². The van der Waals surface area contributed by atoms with Gasteiger partial charge in [0.25, 0.3) is 0 Å². The van der Waals surface area contributed by atoms with Crippen LogP contribution in [0, 0.1) is 0 Å². The summed E-state index contributed by atoms with van der Waals surface area (Å²) in [5, 5.41) is 10.4. The molecule has 0 aliphatic heterocycles. The Kier molecular flexibility index (Phi) is 3.11. The van der Waals surface area contributed by atoms with E-state index in [0.717, 1.165) is 25.7 Å². The van der Waals surface area contributed by atoms with E-state index in [9.17, 15) is 5.11 Å². The van der Waals surface area contributed by atoms with Crippen molar-refractivity contribution in [3.05, 3.63) is 35.4 Å². The summed E-state index contributed by atoms with van der Waals surface area (Å²) in [5.74, 6) is 0. The number of fused-ring (bicyclic) bond motifs is 1. The molecule has 0 bridgehead atoms. The standard InChI is InChI=1S/C14H20O/c1-2-3-6-9-14(15)10-12-7-4-5-8-13(12)11-14/h4-5,7-8,15H,2-3,6,9-11H2,1H3. The molecular formula is C14H20O. The summed E-state index contributed by atoms with van der Waals surface area (Å²) in [4.78, 5) is 0. The molecule has 1 aromatic carbocycles. The van der Waals surface area contributed by atoms with Crippen molar-refractivity contribution in [2.24, 2.45) is 0 Å². The van der Waals surface area contributed by atoms with Gasteiger partial charge in [-0.25, -0.2) is 0 Å². The van der Waals surface area contributed by atoms with Gasteiger partial charge in [0.2, 0.25) is 0 Å². The zero-order chi connectivity index (χ0) is 10.7. The summed E-state index contributed by atoms with van der Waals surface area (Å²) >= 11 is 0. The normalized spacial score (nSPS) is 17.7. The first-order chi connectivity index (χ1) is 7.23. The lowest BCUT2D eigenvalue weighted by atomic mass is 9.93. The van der Waals surface area contributed by atoms with Gasteiger partial charge in [-0.2, -0.15) is 0 Å². The average Bonchev–Trinajstić information content (AvgIpc) is 2.54. The van der Waals surface area contributed by atoms with Gasteiger partial charge in [0, 0.05) is 12.8 Å². The average molecular weight is 204 g/mol. The SMILES string of the molecule is CCCCCC1(O)Cc2ccccc2C1. The molecule has 0 saturated heterocycles. The van der Waals surface area contributed by atoms with Crippen molar-refractivity contribution in [3.63, 3.8) is 0 Å². The second kappa shape index (κ2) is 4.36. The molecule has 0 amide bonds. The topological polar surface area (TPSA) is 20.2 Å². The van der Waals surface area contributed by atoms with E-state index in [1.807, 2.05) is 0 Å². The minimum atomic E-state index is -0.446. The predicted octanol–water partition coefficient (Wildman–Crippen LogP) is 3.10. The Bertz CT molecular complexity index is 305. The molecule has 0 heterocycles. The van der Waals surface area contributed by atoms with Crippen LogP contribution >= 0.6 is 0 Å². The molecule has 82 valence electrons. The Hall–Kier alpha value is -0.820. The maximum Gasteiger partial charge on any atom is 0.0728 e. The number of hydrogen-bond acceptors (Lipinski definition) is 1. The molecule has 0 fully saturated rings. The van der Waals surface area contributed by atoms with E-state index in [1.54, 1.807) is 0 Å². The lowest BCUT2D eigenvalue weighted by Gasteiger charge is -2.21. The maximum atomic E-state index is 10.4. The molecule has 0 saturated carbocycles. The Morgan fingerprint density at radius 2 is 1.73 bits per heavy atom. The van der Waals surface area contributed by atoms with Crippen molar-refractivity contribution in [1.82, 2.24) is 0 Å². The van der Waals surface area contributed by atoms with Crippen LogP contribution in [-0.2, 0) is 12.8 Å². The van der Waals surface area contributed by atoms with Crippen molar-refractivity contribution >= 4 is 0 Å². The summed E-state index contributed by atoms with van der Waals surface area (Å²) in [7, 11) is 0. The Morgan fingerprint density at radius 3 is 2.27 bits per heavy atom. The van der Waals surface area contributed by atoms with Gasteiger partial charge >= 0.3 is 0 Å². The number of aliphatic hydroxyl groups is 1. The van der Waals surface area contributed by atoms with Crippen molar-refractivity contribution in [3.8, 4) is 0 Å². The summed E-state index contributed by atoms with van der Waals surface area (Å²) in [6.07, 6.45) is 6.28. The van der Waals surface area contributed by atoms with E-state index in [1.165, 1.54) is 24.0 Å². The molecule has 1 aliphatic rings. The van der Waals surface area contributed by atoms with Crippen LogP contribution in [-0.4, -0.2) is 10.7 Å². The van der Waals surface area contributed by atoms with Crippen LogP contribution in [0.25, 0.3) is 0 Å². The van der Waals surface area contributed by atoms with Crippen molar-refractivity contribution in [2.75, 3.05) is 0 Å². The van der Waals surface area contributed by atoms with Gasteiger partial charge in [0.05, 0.1) is 5.60 Å². The molecule has 1 aromatic rings. The van der Waals surface area contributed by atoms with Gasteiger partial charge in [-0.1, -0.05) is 50.5 Å².